The SMILES string of the molecule is C/C=C/c1nc(C)no1. The molecule has 1 aromatic rings. The van der Waals surface area contributed by atoms with Gasteiger partial charge in [0.15, 0.2) is 5.82 Å². The smallest absolute Gasteiger partial charge is 0.250 e. The van der Waals surface area contributed by atoms with Crippen molar-refractivity contribution in [3.05, 3.63) is 17.8 Å². The normalized spacial score (nSPS) is 10.9. The third-order valence-electron chi connectivity index (χ3n) is 0.853. The Hall–Kier alpha value is -1.12. The molecule has 0 fully saturated rings. The summed E-state index contributed by atoms with van der Waals surface area (Å²) in [6, 6.07) is 0. The molecule has 0 spiro atoms. The van der Waals surface area contributed by atoms with Crippen LogP contribution in [0.5, 0.6) is 0 Å². The fraction of sp³-hybridized carbons (Fsp3) is 0.333. The minimum Gasteiger partial charge on any atom is -0.335 e. The summed E-state index contributed by atoms with van der Waals surface area (Å²) in [5, 5.41) is 3.60. The molecule has 3 nitrogen and oxygen atoms in total. The molecule has 0 atom stereocenters. The molecule has 0 unspecified atom stereocenters. The standard InChI is InChI=1S/C6H8N2O/c1-3-4-6-7-5(2)8-9-6/h3-4H,1-2H3/b4-3+. The second kappa shape index (κ2) is 2.44. The molecule has 9 heavy (non-hydrogen) atoms. The fourth-order valence-electron chi connectivity index (χ4n) is 0.523. The van der Waals surface area contributed by atoms with Crippen molar-refractivity contribution < 1.29 is 4.52 Å². The molecule has 0 aliphatic heterocycles. The van der Waals surface area contributed by atoms with Crippen molar-refractivity contribution in [1.29, 1.82) is 0 Å². The molecule has 1 rings (SSSR count). The monoisotopic (exact) mass is 124 g/mol. The van der Waals surface area contributed by atoms with Gasteiger partial charge in [0.05, 0.1) is 0 Å². The molecule has 0 saturated carbocycles. The van der Waals surface area contributed by atoms with Crippen molar-refractivity contribution in [3.8, 4) is 0 Å². The minimum absolute atomic E-state index is 0.565. The number of rotatable bonds is 1. The Morgan fingerprint density at radius 2 is 2.33 bits per heavy atom. The Labute approximate surface area is 53.4 Å². The van der Waals surface area contributed by atoms with Crippen molar-refractivity contribution in [2.24, 2.45) is 0 Å². The number of allylic oxidation sites excluding steroid dienone is 1. The zero-order valence-electron chi connectivity index (χ0n) is 5.46. The molecular formula is C6H8N2O. The van der Waals surface area contributed by atoms with Gasteiger partial charge in [-0.25, -0.2) is 0 Å². The van der Waals surface area contributed by atoms with E-state index < -0.39 is 0 Å². The van der Waals surface area contributed by atoms with E-state index in [1.165, 1.54) is 0 Å². The van der Waals surface area contributed by atoms with Crippen molar-refractivity contribution >= 4 is 6.08 Å². The van der Waals surface area contributed by atoms with Crippen LogP contribution in [-0.4, -0.2) is 10.1 Å². The van der Waals surface area contributed by atoms with Gasteiger partial charge in [-0.3, -0.25) is 0 Å². The van der Waals surface area contributed by atoms with Crippen LogP contribution in [0.3, 0.4) is 0 Å². The molecule has 0 N–H and O–H groups in total. The summed E-state index contributed by atoms with van der Waals surface area (Å²) >= 11 is 0. The molecule has 0 aliphatic rings. The van der Waals surface area contributed by atoms with Crippen LogP contribution in [0, 0.1) is 6.92 Å². The van der Waals surface area contributed by atoms with Crippen molar-refractivity contribution in [2.45, 2.75) is 13.8 Å². The van der Waals surface area contributed by atoms with Crippen LogP contribution >= 0.6 is 0 Å². The first kappa shape index (κ1) is 6.01. The molecule has 0 radical (unpaired) electrons. The Morgan fingerprint density at radius 1 is 1.56 bits per heavy atom. The molecule has 1 aromatic heterocycles. The summed E-state index contributed by atoms with van der Waals surface area (Å²) in [6.07, 6.45) is 3.62. The molecule has 0 bridgehead atoms. The van der Waals surface area contributed by atoms with Crippen LogP contribution in [0.25, 0.3) is 6.08 Å². The highest BCUT2D eigenvalue weighted by Crippen LogP contribution is 1.96. The fourth-order valence-corrected chi connectivity index (χ4v) is 0.523. The molecule has 3 heteroatoms. The summed E-state index contributed by atoms with van der Waals surface area (Å²) in [5.74, 6) is 1.23. The molecule has 0 aromatic carbocycles. The lowest BCUT2D eigenvalue weighted by Crippen LogP contribution is -1.71. The van der Waals surface area contributed by atoms with Crippen molar-refractivity contribution in [3.63, 3.8) is 0 Å². The van der Waals surface area contributed by atoms with E-state index in [0.29, 0.717) is 11.7 Å². The summed E-state index contributed by atoms with van der Waals surface area (Å²) in [6.45, 7) is 3.69. The van der Waals surface area contributed by atoms with Gasteiger partial charge < -0.3 is 4.52 Å². The number of aryl methyl sites for hydroxylation is 1. The molecule has 0 aliphatic carbocycles. The highest BCUT2D eigenvalue weighted by atomic mass is 16.5. The highest BCUT2D eigenvalue weighted by molar-refractivity contribution is 5.35. The van der Waals surface area contributed by atoms with Crippen LogP contribution in [0.1, 0.15) is 18.6 Å². The zero-order valence-corrected chi connectivity index (χ0v) is 5.46. The first-order valence-corrected chi connectivity index (χ1v) is 2.76. The molecule has 0 amide bonds. The van der Waals surface area contributed by atoms with Gasteiger partial charge in [-0.1, -0.05) is 11.2 Å². The van der Waals surface area contributed by atoms with Crippen LogP contribution in [0.2, 0.25) is 0 Å². The van der Waals surface area contributed by atoms with Gasteiger partial charge in [0.1, 0.15) is 0 Å². The first-order valence-electron chi connectivity index (χ1n) is 2.76. The van der Waals surface area contributed by atoms with Gasteiger partial charge >= 0.3 is 0 Å². The van der Waals surface area contributed by atoms with Crippen LogP contribution in [-0.2, 0) is 0 Å². The third-order valence-corrected chi connectivity index (χ3v) is 0.853. The topological polar surface area (TPSA) is 38.9 Å². The van der Waals surface area contributed by atoms with E-state index in [1.54, 1.807) is 13.0 Å². The molecule has 0 saturated heterocycles. The van der Waals surface area contributed by atoms with Gasteiger partial charge in [0.25, 0.3) is 0 Å². The maximum atomic E-state index is 4.76. The zero-order chi connectivity index (χ0) is 6.69. The van der Waals surface area contributed by atoms with Gasteiger partial charge in [-0.15, -0.1) is 0 Å². The van der Waals surface area contributed by atoms with Gasteiger partial charge in [0, 0.05) is 0 Å². The summed E-state index contributed by atoms with van der Waals surface area (Å²) in [4.78, 5) is 3.94. The van der Waals surface area contributed by atoms with Crippen molar-refractivity contribution in [2.75, 3.05) is 0 Å². The summed E-state index contributed by atoms with van der Waals surface area (Å²) < 4.78 is 4.76. The van der Waals surface area contributed by atoms with Crippen LogP contribution in [0.4, 0.5) is 0 Å². The lowest BCUT2D eigenvalue weighted by atomic mass is 10.5. The third kappa shape index (κ3) is 1.38. The van der Waals surface area contributed by atoms with Crippen LogP contribution < -0.4 is 0 Å². The summed E-state index contributed by atoms with van der Waals surface area (Å²) in [7, 11) is 0. The largest absolute Gasteiger partial charge is 0.335 e. The highest BCUT2D eigenvalue weighted by Gasteiger charge is 1.93. The second-order valence-corrected chi connectivity index (χ2v) is 1.68. The average Bonchev–Trinajstić information content (AvgIpc) is 2.17. The minimum atomic E-state index is 0.565. The Kier molecular flexibility index (Phi) is 1.63. The Bertz CT molecular complexity index is 215. The van der Waals surface area contributed by atoms with Gasteiger partial charge in [-0.2, -0.15) is 4.98 Å². The van der Waals surface area contributed by atoms with E-state index in [4.69, 9.17) is 4.52 Å². The van der Waals surface area contributed by atoms with E-state index in [2.05, 4.69) is 10.1 Å². The summed E-state index contributed by atoms with van der Waals surface area (Å²) in [5.41, 5.74) is 0. The van der Waals surface area contributed by atoms with Crippen LogP contribution in [0.15, 0.2) is 10.6 Å². The quantitative estimate of drug-likeness (QED) is 0.568. The van der Waals surface area contributed by atoms with Gasteiger partial charge in [0.2, 0.25) is 5.89 Å². The molecule has 48 valence electrons. The predicted molar refractivity (Wildman–Crippen MR) is 33.7 cm³/mol. The van der Waals surface area contributed by atoms with E-state index >= 15 is 0 Å². The number of nitrogens with zero attached hydrogens (tertiary/aromatic N) is 2. The maximum Gasteiger partial charge on any atom is 0.250 e. The maximum absolute atomic E-state index is 4.76. The van der Waals surface area contributed by atoms with E-state index in [1.807, 2.05) is 13.0 Å². The Balaban J connectivity index is 2.85. The van der Waals surface area contributed by atoms with Gasteiger partial charge in [-0.05, 0) is 19.9 Å². The average molecular weight is 124 g/mol. The molecular weight excluding hydrogens is 116 g/mol. The lowest BCUT2D eigenvalue weighted by Gasteiger charge is -1.71. The lowest BCUT2D eigenvalue weighted by molar-refractivity contribution is 0.405. The molecule has 1 heterocycles. The predicted octanol–water partition coefficient (Wildman–Crippen LogP) is 1.41. The number of hydrogen-bond donors (Lipinski definition) is 0. The second-order valence-electron chi connectivity index (χ2n) is 1.68. The van der Waals surface area contributed by atoms with Crippen molar-refractivity contribution in [1.82, 2.24) is 10.1 Å². The first-order chi connectivity index (χ1) is 4.33. The Morgan fingerprint density at radius 3 is 2.78 bits per heavy atom. The van der Waals surface area contributed by atoms with E-state index in [0.717, 1.165) is 0 Å². The van der Waals surface area contributed by atoms with E-state index in [-0.39, 0.29) is 0 Å². The number of aromatic nitrogens is 2. The number of hydrogen-bond acceptors (Lipinski definition) is 3. The van der Waals surface area contributed by atoms with E-state index in [9.17, 15) is 0 Å².